The lowest BCUT2D eigenvalue weighted by atomic mass is 10.1. The van der Waals surface area contributed by atoms with Crippen molar-refractivity contribution in [2.45, 2.75) is 19.8 Å². The van der Waals surface area contributed by atoms with Gasteiger partial charge in [0.1, 0.15) is 5.76 Å². The first-order chi connectivity index (χ1) is 13.2. The number of aliphatic imine (C=N–C) groups is 1. The fourth-order valence-corrected chi connectivity index (χ4v) is 3.22. The molecule has 3 rings (SSSR count). The molecule has 0 aliphatic carbocycles. The van der Waals surface area contributed by atoms with Crippen LogP contribution in [0.2, 0.25) is 0 Å². The predicted octanol–water partition coefficient (Wildman–Crippen LogP) is 3.80. The monoisotopic (exact) mass is 504 g/mol. The number of halogens is 3. The molecule has 1 saturated heterocycles. The second-order valence-electron chi connectivity index (χ2n) is 6.67. The largest absolute Gasteiger partial charge is 0.469 e. The molecule has 0 radical (unpaired) electrons. The molecule has 0 bridgehead atoms. The van der Waals surface area contributed by atoms with E-state index < -0.39 is 11.6 Å². The standard InChI is InChI=1S/C20H26F2N4O.HI/c1-2-23-20(24-9-7-17-4-3-11-27-17)25-13-15-8-10-26(14-15)16-5-6-18(21)19(22)12-16;/h3-6,11-12,15H,2,7-10,13-14H2,1H3,(H2,23,24,25);1H. The normalized spacial score (nSPS) is 16.8. The summed E-state index contributed by atoms with van der Waals surface area (Å²) in [6.45, 7) is 5.87. The number of hydrogen-bond acceptors (Lipinski definition) is 3. The van der Waals surface area contributed by atoms with Crippen LogP contribution in [0.15, 0.2) is 46.0 Å². The summed E-state index contributed by atoms with van der Waals surface area (Å²) in [5.41, 5.74) is 0.726. The molecule has 2 heterocycles. The highest BCUT2D eigenvalue weighted by atomic mass is 127. The van der Waals surface area contributed by atoms with Gasteiger partial charge in [-0.05, 0) is 43.5 Å². The molecule has 8 heteroatoms. The molecule has 1 aliphatic heterocycles. The third-order valence-electron chi connectivity index (χ3n) is 4.65. The molecule has 5 nitrogen and oxygen atoms in total. The Bertz CT molecular complexity index is 755. The van der Waals surface area contributed by atoms with Crippen molar-refractivity contribution >= 4 is 35.6 Å². The Morgan fingerprint density at radius 3 is 2.82 bits per heavy atom. The minimum Gasteiger partial charge on any atom is -0.469 e. The number of nitrogens with zero attached hydrogens (tertiary/aromatic N) is 2. The molecule has 1 atom stereocenters. The van der Waals surface area contributed by atoms with Crippen molar-refractivity contribution in [2.75, 3.05) is 37.6 Å². The Labute approximate surface area is 181 Å². The molecule has 1 fully saturated rings. The summed E-state index contributed by atoms with van der Waals surface area (Å²) < 4.78 is 31.9. The lowest BCUT2D eigenvalue weighted by molar-refractivity contribution is 0.506. The minimum absolute atomic E-state index is 0. The maximum Gasteiger partial charge on any atom is 0.191 e. The number of furan rings is 1. The second kappa shape index (κ2) is 11.2. The highest BCUT2D eigenvalue weighted by Gasteiger charge is 2.23. The number of anilines is 1. The van der Waals surface area contributed by atoms with Crippen LogP contribution >= 0.6 is 24.0 Å². The van der Waals surface area contributed by atoms with Crippen LogP contribution in [-0.2, 0) is 6.42 Å². The first-order valence-corrected chi connectivity index (χ1v) is 9.40. The van der Waals surface area contributed by atoms with Crippen molar-refractivity contribution < 1.29 is 13.2 Å². The van der Waals surface area contributed by atoms with Crippen molar-refractivity contribution in [3.05, 3.63) is 54.0 Å². The van der Waals surface area contributed by atoms with Crippen molar-refractivity contribution in [3.8, 4) is 0 Å². The van der Waals surface area contributed by atoms with E-state index in [0.29, 0.717) is 12.5 Å². The zero-order chi connectivity index (χ0) is 19.1. The fraction of sp³-hybridized carbons (Fsp3) is 0.450. The summed E-state index contributed by atoms with van der Waals surface area (Å²) in [4.78, 5) is 6.76. The van der Waals surface area contributed by atoms with Gasteiger partial charge in [0.05, 0.1) is 6.26 Å². The molecule has 0 saturated carbocycles. The van der Waals surface area contributed by atoms with Crippen molar-refractivity contribution in [1.82, 2.24) is 10.6 Å². The number of nitrogens with one attached hydrogen (secondary N) is 2. The van der Waals surface area contributed by atoms with Gasteiger partial charge in [-0.15, -0.1) is 24.0 Å². The topological polar surface area (TPSA) is 52.8 Å². The summed E-state index contributed by atoms with van der Waals surface area (Å²) in [7, 11) is 0. The van der Waals surface area contributed by atoms with Gasteiger partial charge in [0.2, 0.25) is 0 Å². The van der Waals surface area contributed by atoms with E-state index in [1.54, 1.807) is 12.3 Å². The van der Waals surface area contributed by atoms with Crippen LogP contribution in [0.25, 0.3) is 0 Å². The Balaban J connectivity index is 0.00000280. The minimum atomic E-state index is -0.810. The first-order valence-electron chi connectivity index (χ1n) is 9.40. The number of hydrogen-bond donors (Lipinski definition) is 2. The molecule has 0 amide bonds. The molecular weight excluding hydrogens is 477 g/mol. The SMILES string of the molecule is CCNC(=NCC1CCN(c2ccc(F)c(F)c2)C1)NCCc1ccco1.I. The van der Waals surface area contributed by atoms with E-state index in [-0.39, 0.29) is 24.0 Å². The van der Waals surface area contributed by atoms with Gasteiger partial charge >= 0.3 is 0 Å². The molecular formula is C20H27F2IN4O. The molecule has 154 valence electrons. The van der Waals surface area contributed by atoms with Gasteiger partial charge < -0.3 is 20.0 Å². The van der Waals surface area contributed by atoms with E-state index >= 15 is 0 Å². The molecule has 2 N–H and O–H groups in total. The molecule has 1 unspecified atom stereocenters. The predicted molar refractivity (Wildman–Crippen MR) is 118 cm³/mol. The molecule has 1 aromatic heterocycles. The van der Waals surface area contributed by atoms with Crippen molar-refractivity contribution in [2.24, 2.45) is 10.9 Å². The van der Waals surface area contributed by atoms with E-state index in [2.05, 4.69) is 20.5 Å². The second-order valence-corrected chi connectivity index (χ2v) is 6.67. The molecule has 1 aliphatic rings. The van der Waals surface area contributed by atoms with Crippen LogP contribution < -0.4 is 15.5 Å². The van der Waals surface area contributed by atoms with Crippen molar-refractivity contribution in [3.63, 3.8) is 0 Å². The molecule has 28 heavy (non-hydrogen) atoms. The maximum atomic E-state index is 13.4. The summed E-state index contributed by atoms with van der Waals surface area (Å²) in [5.74, 6) is 0.504. The van der Waals surface area contributed by atoms with Crippen LogP contribution in [0, 0.1) is 17.6 Å². The van der Waals surface area contributed by atoms with Crippen LogP contribution in [0.5, 0.6) is 0 Å². The highest BCUT2D eigenvalue weighted by Crippen LogP contribution is 2.25. The number of guanidine groups is 1. The van der Waals surface area contributed by atoms with Gasteiger partial charge in [-0.2, -0.15) is 0 Å². The first kappa shape index (κ1) is 22.4. The summed E-state index contributed by atoms with van der Waals surface area (Å²) in [5, 5.41) is 6.56. The van der Waals surface area contributed by atoms with E-state index in [1.807, 2.05) is 19.1 Å². The zero-order valence-corrected chi connectivity index (χ0v) is 18.3. The van der Waals surface area contributed by atoms with Crippen LogP contribution in [0.1, 0.15) is 19.1 Å². The van der Waals surface area contributed by atoms with Crippen molar-refractivity contribution in [1.29, 1.82) is 0 Å². The fourth-order valence-electron chi connectivity index (χ4n) is 3.22. The van der Waals surface area contributed by atoms with Gasteiger partial charge in [0.25, 0.3) is 0 Å². The van der Waals surface area contributed by atoms with Gasteiger partial charge in [-0.3, -0.25) is 4.99 Å². The van der Waals surface area contributed by atoms with Gasteiger partial charge in [-0.1, -0.05) is 0 Å². The average Bonchev–Trinajstić information content (AvgIpc) is 3.34. The highest BCUT2D eigenvalue weighted by molar-refractivity contribution is 14.0. The summed E-state index contributed by atoms with van der Waals surface area (Å²) >= 11 is 0. The van der Waals surface area contributed by atoms with E-state index in [4.69, 9.17) is 4.42 Å². The van der Waals surface area contributed by atoms with E-state index in [1.165, 1.54) is 12.1 Å². The molecule has 1 aromatic carbocycles. The third kappa shape index (κ3) is 6.35. The molecule has 0 spiro atoms. The molecule has 2 aromatic rings. The maximum absolute atomic E-state index is 13.4. The third-order valence-corrected chi connectivity index (χ3v) is 4.65. The quantitative estimate of drug-likeness (QED) is 0.342. The van der Waals surface area contributed by atoms with E-state index in [0.717, 1.165) is 56.4 Å². The smallest absolute Gasteiger partial charge is 0.191 e. The Morgan fingerprint density at radius 2 is 2.11 bits per heavy atom. The Hall–Kier alpha value is -1.84. The Morgan fingerprint density at radius 1 is 1.25 bits per heavy atom. The average molecular weight is 504 g/mol. The summed E-state index contributed by atoms with van der Waals surface area (Å²) in [6.07, 6.45) is 3.45. The zero-order valence-electron chi connectivity index (χ0n) is 16.0. The number of rotatable bonds is 7. The lowest BCUT2D eigenvalue weighted by Crippen LogP contribution is -2.38. The van der Waals surface area contributed by atoms with Crippen LogP contribution in [-0.4, -0.2) is 38.7 Å². The summed E-state index contributed by atoms with van der Waals surface area (Å²) in [6, 6.07) is 7.92. The van der Waals surface area contributed by atoms with Crippen LogP contribution in [0.3, 0.4) is 0 Å². The van der Waals surface area contributed by atoms with Gasteiger partial charge in [-0.25, -0.2) is 8.78 Å². The van der Waals surface area contributed by atoms with Gasteiger partial charge in [0, 0.05) is 50.9 Å². The Kier molecular flexibility index (Phi) is 9.01. The lowest BCUT2D eigenvalue weighted by Gasteiger charge is -2.18. The number of benzene rings is 1. The van der Waals surface area contributed by atoms with E-state index in [9.17, 15) is 8.78 Å². The van der Waals surface area contributed by atoms with Gasteiger partial charge in [0.15, 0.2) is 17.6 Å². The van der Waals surface area contributed by atoms with Crippen LogP contribution in [0.4, 0.5) is 14.5 Å².